The van der Waals surface area contributed by atoms with Crippen LogP contribution in [0.4, 0.5) is 5.82 Å². The Hall–Kier alpha value is -1.16. The van der Waals surface area contributed by atoms with Gasteiger partial charge in [0.05, 0.1) is 18.1 Å². The molecule has 1 fully saturated rings. The molecule has 0 spiro atoms. The van der Waals surface area contributed by atoms with E-state index < -0.39 is 0 Å². The second kappa shape index (κ2) is 6.14. The van der Waals surface area contributed by atoms with Gasteiger partial charge in [-0.3, -0.25) is 9.88 Å². The molecule has 2 heterocycles. The Morgan fingerprint density at radius 3 is 2.83 bits per heavy atom. The van der Waals surface area contributed by atoms with Gasteiger partial charge in [0.1, 0.15) is 5.82 Å². The van der Waals surface area contributed by atoms with Crippen molar-refractivity contribution in [3.05, 3.63) is 18.1 Å². The summed E-state index contributed by atoms with van der Waals surface area (Å²) < 4.78 is 0. The number of nitrogens with one attached hydrogen (secondary N) is 1. The zero-order valence-electron chi connectivity index (χ0n) is 11.7. The first-order valence-electron chi connectivity index (χ1n) is 6.99. The van der Waals surface area contributed by atoms with E-state index in [1.807, 2.05) is 12.4 Å². The van der Waals surface area contributed by atoms with Gasteiger partial charge in [-0.05, 0) is 32.2 Å². The lowest BCUT2D eigenvalue weighted by molar-refractivity contribution is 0.196. The van der Waals surface area contributed by atoms with E-state index >= 15 is 0 Å². The van der Waals surface area contributed by atoms with Crippen LogP contribution < -0.4 is 5.32 Å². The summed E-state index contributed by atoms with van der Waals surface area (Å²) in [6.45, 7) is 9.69. The average molecular weight is 248 g/mol. The van der Waals surface area contributed by atoms with Crippen molar-refractivity contribution >= 4 is 5.82 Å². The van der Waals surface area contributed by atoms with Crippen LogP contribution in [0.25, 0.3) is 0 Å². The zero-order chi connectivity index (χ0) is 13.0. The highest BCUT2D eigenvalue weighted by Gasteiger charge is 2.27. The van der Waals surface area contributed by atoms with Gasteiger partial charge >= 0.3 is 0 Å². The van der Waals surface area contributed by atoms with Crippen molar-refractivity contribution in [2.24, 2.45) is 5.92 Å². The van der Waals surface area contributed by atoms with Crippen LogP contribution in [0, 0.1) is 5.92 Å². The van der Waals surface area contributed by atoms with Gasteiger partial charge in [0.25, 0.3) is 0 Å². The Labute approximate surface area is 110 Å². The summed E-state index contributed by atoms with van der Waals surface area (Å²) in [5, 5.41) is 3.17. The van der Waals surface area contributed by atoms with Crippen LogP contribution in [0.2, 0.25) is 0 Å². The van der Waals surface area contributed by atoms with E-state index in [1.54, 1.807) is 0 Å². The van der Waals surface area contributed by atoms with Crippen molar-refractivity contribution in [2.75, 3.05) is 18.4 Å². The average Bonchev–Trinajstić information content (AvgIpc) is 2.80. The highest BCUT2D eigenvalue weighted by atomic mass is 15.2. The lowest BCUT2D eigenvalue weighted by Crippen LogP contribution is -2.33. The van der Waals surface area contributed by atoms with E-state index in [9.17, 15) is 0 Å². The van der Waals surface area contributed by atoms with Crippen LogP contribution in [0.15, 0.2) is 12.4 Å². The van der Waals surface area contributed by atoms with Crippen molar-refractivity contribution in [1.29, 1.82) is 0 Å². The number of anilines is 1. The van der Waals surface area contributed by atoms with E-state index in [1.165, 1.54) is 19.4 Å². The summed E-state index contributed by atoms with van der Waals surface area (Å²) in [7, 11) is 0. The van der Waals surface area contributed by atoms with E-state index in [0.29, 0.717) is 6.04 Å². The Kier molecular flexibility index (Phi) is 4.53. The summed E-state index contributed by atoms with van der Waals surface area (Å²) in [5.74, 6) is 1.59. The highest BCUT2D eigenvalue weighted by Crippen LogP contribution is 2.24. The lowest BCUT2D eigenvalue weighted by atomic mass is 10.0. The maximum absolute atomic E-state index is 4.49. The third-order valence-corrected chi connectivity index (χ3v) is 3.61. The Bertz CT molecular complexity index is 361. The van der Waals surface area contributed by atoms with Crippen LogP contribution >= 0.6 is 0 Å². The highest BCUT2D eigenvalue weighted by molar-refractivity contribution is 5.30. The third-order valence-electron chi connectivity index (χ3n) is 3.61. The van der Waals surface area contributed by atoms with Gasteiger partial charge in [-0.25, -0.2) is 4.98 Å². The fraction of sp³-hybridized carbons (Fsp3) is 0.714. The van der Waals surface area contributed by atoms with Crippen molar-refractivity contribution in [3.63, 3.8) is 0 Å². The largest absolute Gasteiger partial charge is 0.369 e. The number of hydrogen-bond donors (Lipinski definition) is 1. The molecule has 0 radical (unpaired) electrons. The quantitative estimate of drug-likeness (QED) is 0.869. The van der Waals surface area contributed by atoms with Gasteiger partial charge in [-0.2, -0.15) is 0 Å². The number of hydrogen-bond acceptors (Lipinski definition) is 4. The van der Waals surface area contributed by atoms with Gasteiger partial charge in [0.15, 0.2) is 0 Å². The van der Waals surface area contributed by atoms with Crippen LogP contribution in [0.3, 0.4) is 0 Å². The van der Waals surface area contributed by atoms with Crippen LogP contribution in [-0.4, -0.2) is 34.0 Å². The standard InChI is InChI=1S/C14H24N4/c1-4-15-14-9-16-12(8-17-14)10-18-7-5-6-13(18)11(2)3/h8-9,11,13H,4-7,10H2,1-3H3,(H,15,17). The van der Waals surface area contributed by atoms with Gasteiger partial charge in [0.2, 0.25) is 0 Å². The van der Waals surface area contributed by atoms with Crippen LogP contribution in [-0.2, 0) is 6.54 Å². The molecule has 100 valence electrons. The normalized spacial score (nSPS) is 20.6. The van der Waals surface area contributed by atoms with Gasteiger partial charge in [0, 0.05) is 19.1 Å². The second-order valence-electron chi connectivity index (χ2n) is 5.35. The molecule has 4 heteroatoms. The molecule has 18 heavy (non-hydrogen) atoms. The lowest BCUT2D eigenvalue weighted by Gasteiger charge is -2.27. The predicted octanol–water partition coefficient (Wildman–Crippen LogP) is 2.53. The maximum atomic E-state index is 4.49. The van der Waals surface area contributed by atoms with Gasteiger partial charge in [-0.15, -0.1) is 0 Å². The van der Waals surface area contributed by atoms with Gasteiger partial charge < -0.3 is 5.32 Å². The zero-order valence-corrected chi connectivity index (χ0v) is 11.7. The first-order chi connectivity index (χ1) is 8.70. The summed E-state index contributed by atoms with van der Waals surface area (Å²) in [6.07, 6.45) is 6.36. The third kappa shape index (κ3) is 3.19. The molecular formula is C14H24N4. The molecule has 1 unspecified atom stereocenters. The molecule has 4 nitrogen and oxygen atoms in total. The Morgan fingerprint density at radius 1 is 1.39 bits per heavy atom. The number of nitrogens with zero attached hydrogens (tertiary/aromatic N) is 3. The smallest absolute Gasteiger partial charge is 0.144 e. The number of rotatable bonds is 5. The van der Waals surface area contributed by atoms with E-state index in [0.717, 1.165) is 30.5 Å². The molecule has 1 aromatic rings. The molecule has 2 rings (SSSR count). The summed E-state index contributed by atoms with van der Waals surface area (Å²) in [5.41, 5.74) is 1.07. The molecule has 0 saturated carbocycles. The molecular weight excluding hydrogens is 224 g/mol. The van der Waals surface area contributed by atoms with Crippen LogP contribution in [0.5, 0.6) is 0 Å². The van der Waals surface area contributed by atoms with Crippen LogP contribution in [0.1, 0.15) is 39.3 Å². The molecule has 1 aromatic heterocycles. The van der Waals surface area contributed by atoms with E-state index in [4.69, 9.17) is 0 Å². The van der Waals surface area contributed by atoms with Gasteiger partial charge in [-0.1, -0.05) is 13.8 Å². The summed E-state index contributed by atoms with van der Waals surface area (Å²) in [4.78, 5) is 11.4. The molecule has 1 aliphatic rings. The summed E-state index contributed by atoms with van der Waals surface area (Å²) >= 11 is 0. The molecule has 0 aliphatic carbocycles. The topological polar surface area (TPSA) is 41.1 Å². The van der Waals surface area contributed by atoms with E-state index in [2.05, 4.69) is 41.0 Å². The fourth-order valence-corrected chi connectivity index (χ4v) is 2.72. The second-order valence-corrected chi connectivity index (χ2v) is 5.35. The van der Waals surface area contributed by atoms with E-state index in [-0.39, 0.29) is 0 Å². The predicted molar refractivity (Wildman–Crippen MR) is 74.5 cm³/mol. The molecule has 1 aliphatic heterocycles. The minimum atomic E-state index is 0.709. The first kappa shape index (κ1) is 13.3. The van der Waals surface area contributed by atoms with Crippen molar-refractivity contribution in [2.45, 2.75) is 46.2 Å². The molecule has 0 aromatic carbocycles. The Balaban J connectivity index is 1.96. The number of aromatic nitrogens is 2. The van der Waals surface area contributed by atoms with Crippen molar-refractivity contribution in [3.8, 4) is 0 Å². The Morgan fingerprint density at radius 2 is 2.22 bits per heavy atom. The maximum Gasteiger partial charge on any atom is 0.144 e. The molecule has 1 saturated heterocycles. The van der Waals surface area contributed by atoms with Crippen molar-refractivity contribution in [1.82, 2.24) is 14.9 Å². The summed E-state index contributed by atoms with van der Waals surface area (Å²) in [6, 6.07) is 0.709. The number of likely N-dealkylation sites (tertiary alicyclic amines) is 1. The molecule has 1 N–H and O–H groups in total. The first-order valence-corrected chi connectivity index (χ1v) is 6.99. The monoisotopic (exact) mass is 248 g/mol. The minimum Gasteiger partial charge on any atom is -0.369 e. The molecule has 1 atom stereocenters. The molecule has 0 bridgehead atoms. The molecule has 0 amide bonds. The SMILES string of the molecule is CCNc1cnc(CN2CCCC2C(C)C)cn1. The van der Waals surface area contributed by atoms with Crippen molar-refractivity contribution < 1.29 is 0 Å². The fourth-order valence-electron chi connectivity index (χ4n) is 2.72. The minimum absolute atomic E-state index is 0.709.